The highest BCUT2D eigenvalue weighted by Crippen LogP contribution is 2.47. The molecule has 1 aliphatic carbocycles. The Balaban J connectivity index is 1.19. The number of nitrogens with one attached hydrogen (secondary N) is 2. The first kappa shape index (κ1) is 23.8. The summed E-state index contributed by atoms with van der Waals surface area (Å²) in [6.45, 7) is 2.46. The molecular weight excluding hydrogens is 501 g/mol. The number of rotatable bonds is 7. The summed E-state index contributed by atoms with van der Waals surface area (Å²) in [5, 5.41) is 15.3. The number of carbonyl (C=O) groups excluding carboxylic acids is 1. The normalized spacial score (nSPS) is 21.2. The van der Waals surface area contributed by atoms with Crippen LogP contribution in [0.3, 0.4) is 0 Å². The van der Waals surface area contributed by atoms with E-state index in [9.17, 15) is 4.79 Å². The number of ether oxygens (including phenoxy) is 2. The minimum atomic E-state index is -0.492. The lowest BCUT2D eigenvalue weighted by molar-refractivity contribution is -0.117. The molecule has 12 heteroatoms. The Labute approximate surface area is 216 Å². The summed E-state index contributed by atoms with van der Waals surface area (Å²) in [5.41, 5.74) is 2.28. The third kappa shape index (κ3) is 4.89. The van der Waals surface area contributed by atoms with Gasteiger partial charge >= 0.3 is 0 Å². The van der Waals surface area contributed by atoms with E-state index in [4.69, 9.17) is 21.1 Å². The zero-order chi connectivity index (χ0) is 25.5. The van der Waals surface area contributed by atoms with Crippen molar-refractivity contribution in [3.63, 3.8) is 0 Å². The van der Waals surface area contributed by atoms with Crippen molar-refractivity contribution in [3.05, 3.63) is 59.4 Å². The lowest BCUT2D eigenvalue weighted by Gasteiger charge is -2.23. The summed E-state index contributed by atoms with van der Waals surface area (Å²) in [6, 6.07) is 6.98. The van der Waals surface area contributed by atoms with Gasteiger partial charge in [-0.25, -0.2) is 8.91 Å². The first-order valence-electron chi connectivity index (χ1n) is 12.0. The summed E-state index contributed by atoms with van der Waals surface area (Å²) >= 11 is 5.90. The fourth-order valence-corrected chi connectivity index (χ4v) is 4.74. The third-order valence-corrected chi connectivity index (χ3v) is 6.87. The van der Waals surface area contributed by atoms with Crippen LogP contribution < -0.4 is 15.4 Å². The Kier molecular flexibility index (Phi) is 6.27. The van der Waals surface area contributed by atoms with Gasteiger partial charge in [0.25, 0.3) is 0 Å². The minimum Gasteiger partial charge on any atom is -0.487 e. The van der Waals surface area contributed by atoms with Crippen LogP contribution in [0.15, 0.2) is 42.9 Å². The standard InChI is InChI=1S/C25H25ClFN7O3/c1-33-24(22(11-30-33)37-13-16-10-28-4-5-36-16)19-6-15-7-23(32-34(15)12-20(19)27)31-25(35)18-8-17(18)21-3-2-14(26)9-29-21/h2-3,6-7,9,11-12,16-18,28H,4-5,8,10,13H2,1H3,(H,31,32,35)/t16-,17-,18+/m1/s1. The maximum atomic E-state index is 15.2. The minimum absolute atomic E-state index is 0.0522. The second-order valence-electron chi connectivity index (χ2n) is 9.26. The molecular formula is C25H25ClFN7O3. The summed E-state index contributed by atoms with van der Waals surface area (Å²) in [5.74, 6) is 0.0316. The van der Waals surface area contributed by atoms with E-state index in [1.807, 2.05) is 6.07 Å². The first-order valence-corrected chi connectivity index (χ1v) is 12.4. The number of anilines is 1. The lowest BCUT2D eigenvalue weighted by atomic mass is 10.1. The van der Waals surface area contributed by atoms with Gasteiger partial charge in [0.05, 0.1) is 29.5 Å². The van der Waals surface area contributed by atoms with Crippen LogP contribution in [-0.4, -0.2) is 62.7 Å². The molecule has 0 unspecified atom stereocenters. The van der Waals surface area contributed by atoms with Crippen molar-refractivity contribution >= 4 is 28.8 Å². The zero-order valence-corrected chi connectivity index (χ0v) is 20.8. The molecule has 37 heavy (non-hydrogen) atoms. The number of aromatic nitrogens is 5. The summed E-state index contributed by atoms with van der Waals surface area (Å²) in [6.07, 6.45) is 5.05. The van der Waals surface area contributed by atoms with Crippen LogP contribution in [0.25, 0.3) is 16.8 Å². The van der Waals surface area contributed by atoms with E-state index in [0.29, 0.717) is 59.5 Å². The van der Waals surface area contributed by atoms with Gasteiger partial charge in [-0.1, -0.05) is 11.6 Å². The molecule has 3 atom stereocenters. The number of halogens is 2. The Morgan fingerprint density at radius 2 is 2.24 bits per heavy atom. The molecule has 192 valence electrons. The third-order valence-electron chi connectivity index (χ3n) is 6.65. The van der Waals surface area contributed by atoms with E-state index in [0.717, 1.165) is 12.2 Å². The number of pyridine rings is 2. The number of hydrogen-bond acceptors (Lipinski definition) is 7. The predicted molar refractivity (Wildman–Crippen MR) is 134 cm³/mol. The Hall–Kier alpha value is -3.54. The van der Waals surface area contributed by atoms with E-state index in [2.05, 4.69) is 25.8 Å². The van der Waals surface area contributed by atoms with Gasteiger partial charge in [-0.15, -0.1) is 5.10 Å². The predicted octanol–water partition coefficient (Wildman–Crippen LogP) is 3.03. The molecule has 4 aromatic rings. The Bertz CT molecular complexity index is 1450. The number of nitrogens with zero attached hydrogens (tertiary/aromatic N) is 5. The molecule has 0 radical (unpaired) electrons. The van der Waals surface area contributed by atoms with Crippen LogP contribution in [0.5, 0.6) is 5.75 Å². The topological polar surface area (TPSA) is 108 Å². The van der Waals surface area contributed by atoms with Gasteiger partial charge in [-0.3, -0.25) is 14.5 Å². The van der Waals surface area contributed by atoms with Crippen LogP contribution in [0.2, 0.25) is 5.02 Å². The molecule has 1 amide bonds. The van der Waals surface area contributed by atoms with Crippen molar-refractivity contribution in [1.82, 2.24) is 29.7 Å². The summed E-state index contributed by atoms with van der Waals surface area (Å²) < 4.78 is 29.8. The molecule has 0 bridgehead atoms. The number of aryl methyl sites for hydroxylation is 1. The average molecular weight is 526 g/mol. The maximum Gasteiger partial charge on any atom is 0.229 e. The molecule has 10 nitrogen and oxygen atoms in total. The molecule has 5 heterocycles. The Morgan fingerprint density at radius 1 is 1.35 bits per heavy atom. The quantitative estimate of drug-likeness (QED) is 0.382. The Morgan fingerprint density at radius 3 is 3.03 bits per heavy atom. The number of carbonyl (C=O) groups is 1. The van der Waals surface area contributed by atoms with Gasteiger partial charge in [0.2, 0.25) is 5.91 Å². The second-order valence-corrected chi connectivity index (χ2v) is 9.70. The fraction of sp³-hybridized carbons (Fsp3) is 0.360. The molecule has 1 aliphatic heterocycles. The largest absolute Gasteiger partial charge is 0.487 e. The van der Waals surface area contributed by atoms with Gasteiger partial charge in [0.1, 0.15) is 18.4 Å². The van der Waals surface area contributed by atoms with Gasteiger partial charge in [0.15, 0.2) is 17.4 Å². The second kappa shape index (κ2) is 9.73. The zero-order valence-electron chi connectivity index (χ0n) is 20.0. The van der Waals surface area contributed by atoms with Crippen LogP contribution in [0.1, 0.15) is 18.0 Å². The molecule has 2 fully saturated rings. The van der Waals surface area contributed by atoms with Crippen molar-refractivity contribution in [2.24, 2.45) is 13.0 Å². The van der Waals surface area contributed by atoms with E-state index in [1.54, 1.807) is 42.3 Å². The summed E-state index contributed by atoms with van der Waals surface area (Å²) in [7, 11) is 1.73. The van der Waals surface area contributed by atoms with Gasteiger partial charge < -0.3 is 20.1 Å². The maximum absolute atomic E-state index is 15.2. The smallest absolute Gasteiger partial charge is 0.229 e. The molecule has 1 saturated heterocycles. The van der Waals surface area contributed by atoms with Gasteiger partial charge in [0, 0.05) is 55.5 Å². The molecule has 0 aromatic carbocycles. The van der Waals surface area contributed by atoms with E-state index in [-0.39, 0.29) is 23.8 Å². The van der Waals surface area contributed by atoms with Crippen molar-refractivity contribution in [2.45, 2.75) is 18.4 Å². The van der Waals surface area contributed by atoms with Crippen LogP contribution in [0.4, 0.5) is 10.2 Å². The van der Waals surface area contributed by atoms with E-state index >= 15 is 4.39 Å². The van der Waals surface area contributed by atoms with E-state index in [1.165, 1.54) is 10.7 Å². The molecule has 1 saturated carbocycles. The molecule has 0 spiro atoms. The summed E-state index contributed by atoms with van der Waals surface area (Å²) in [4.78, 5) is 17.1. The first-order chi connectivity index (χ1) is 18.0. The van der Waals surface area contributed by atoms with Crippen molar-refractivity contribution in [2.75, 3.05) is 31.6 Å². The molecule has 2 N–H and O–H groups in total. The monoisotopic (exact) mass is 525 g/mol. The molecule has 2 aliphatic rings. The SMILES string of the molecule is Cn1ncc(OC[C@H]2CNCCO2)c1-c1cc2cc(NC(=O)[C@H]3C[C@H]3c3ccc(Cl)cn3)nn2cc1F. The highest BCUT2D eigenvalue weighted by molar-refractivity contribution is 6.30. The van der Waals surface area contributed by atoms with Crippen molar-refractivity contribution < 1.29 is 18.7 Å². The molecule has 6 rings (SSSR count). The highest BCUT2D eigenvalue weighted by Gasteiger charge is 2.45. The number of fused-ring (bicyclic) bond motifs is 1. The molecule has 4 aromatic heterocycles. The lowest BCUT2D eigenvalue weighted by Crippen LogP contribution is -2.41. The van der Waals surface area contributed by atoms with Crippen molar-refractivity contribution in [3.8, 4) is 17.0 Å². The highest BCUT2D eigenvalue weighted by atomic mass is 35.5. The van der Waals surface area contributed by atoms with E-state index < -0.39 is 5.82 Å². The van der Waals surface area contributed by atoms with Gasteiger partial charge in [-0.2, -0.15) is 5.10 Å². The number of amides is 1. The number of morpholine rings is 1. The van der Waals surface area contributed by atoms with Crippen LogP contribution >= 0.6 is 11.6 Å². The van der Waals surface area contributed by atoms with Crippen LogP contribution in [0, 0.1) is 11.7 Å². The average Bonchev–Trinajstić information content (AvgIpc) is 3.49. The van der Waals surface area contributed by atoms with Crippen molar-refractivity contribution in [1.29, 1.82) is 0 Å². The number of hydrogen-bond donors (Lipinski definition) is 2. The van der Waals surface area contributed by atoms with Gasteiger partial charge in [-0.05, 0) is 24.6 Å². The van der Waals surface area contributed by atoms with Crippen LogP contribution in [-0.2, 0) is 16.6 Å². The fourth-order valence-electron chi connectivity index (χ4n) is 4.63.